The summed E-state index contributed by atoms with van der Waals surface area (Å²) in [5.41, 5.74) is 2.52. The van der Waals surface area contributed by atoms with Crippen molar-refractivity contribution in [1.82, 2.24) is 14.4 Å². The number of aromatic nitrogens is 1. The van der Waals surface area contributed by atoms with Crippen LogP contribution in [0.4, 0.5) is 0 Å². The van der Waals surface area contributed by atoms with E-state index in [2.05, 4.69) is 41.3 Å². The van der Waals surface area contributed by atoms with Gasteiger partial charge in [-0.2, -0.15) is 0 Å². The molecule has 0 bridgehead atoms. The Labute approximate surface area is 167 Å². The second-order valence-electron chi connectivity index (χ2n) is 7.42. The van der Waals surface area contributed by atoms with E-state index in [1.807, 2.05) is 58.3 Å². The minimum absolute atomic E-state index is 0.182. The second kappa shape index (κ2) is 8.89. The molecule has 0 spiro atoms. The number of hydrogen-bond acceptors (Lipinski definition) is 2. The maximum absolute atomic E-state index is 13.4. The highest BCUT2D eigenvalue weighted by Crippen LogP contribution is 2.19. The summed E-state index contributed by atoms with van der Waals surface area (Å²) < 4.78 is 2.05. The van der Waals surface area contributed by atoms with Gasteiger partial charge in [-0.05, 0) is 23.3 Å². The largest absolute Gasteiger partial charge is 0.342 e. The summed E-state index contributed by atoms with van der Waals surface area (Å²) in [6.45, 7) is 4.37. The molecule has 1 saturated heterocycles. The summed E-state index contributed by atoms with van der Waals surface area (Å²) in [7, 11) is 0. The number of piperazine rings is 1. The molecule has 2 heterocycles. The third-order valence-electron chi connectivity index (χ3n) is 5.48. The van der Waals surface area contributed by atoms with Crippen molar-refractivity contribution in [2.75, 3.05) is 26.2 Å². The van der Waals surface area contributed by atoms with Crippen LogP contribution in [0.15, 0.2) is 85.2 Å². The summed E-state index contributed by atoms with van der Waals surface area (Å²) in [6, 6.07) is 24.6. The van der Waals surface area contributed by atoms with E-state index in [1.165, 1.54) is 11.1 Å². The van der Waals surface area contributed by atoms with Gasteiger partial charge in [0, 0.05) is 51.5 Å². The molecule has 0 N–H and O–H groups in total. The molecule has 0 radical (unpaired) electrons. The zero-order valence-corrected chi connectivity index (χ0v) is 16.2. The first kappa shape index (κ1) is 18.5. The van der Waals surface area contributed by atoms with E-state index in [4.69, 9.17) is 0 Å². The smallest absolute Gasteiger partial charge is 0.246 e. The molecule has 1 aromatic heterocycles. The van der Waals surface area contributed by atoms with Gasteiger partial charge in [0.05, 0.1) is 0 Å². The van der Waals surface area contributed by atoms with Crippen molar-refractivity contribution in [2.45, 2.75) is 19.0 Å². The number of amides is 1. The molecule has 3 aromatic rings. The molecule has 0 saturated carbocycles. The fourth-order valence-corrected chi connectivity index (χ4v) is 3.89. The Bertz CT molecular complexity index is 853. The predicted octanol–water partition coefficient (Wildman–Crippen LogP) is 3.62. The Morgan fingerprint density at radius 3 is 1.93 bits per heavy atom. The van der Waals surface area contributed by atoms with Gasteiger partial charge in [0.25, 0.3) is 0 Å². The molecule has 2 aromatic carbocycles. The van der Waals surface area contributed by atoms with Crippen molar-refractivity contribution in [3.05, 3.63) is 96.3 Å². The van der Waals surface area contributed by atoms with Crippen LogP contribution in [-0.2, 0) is 17.8 Å². The second-order valence-corrected chi connectivity index (χ2v) is 7.42. The van der Waals surface area contributed by atoms with Crippen molar-refractivity contribution in [2.24, 2.45) is 0 Å². The minimum atomic E-state index is -0.182. The Morgan fingerprint density at radius 1 is 0.750 bits per heavy atom. The van der Waals surface area contributed by atoms with Crippen LogP contribution in [-0.4, -0.2) is 46.5 Å². The zero-order chi connectivity index (χ0) is 19.2. The lowest BCUT2D eigenvalue weighted by atomic mass is 10.0. The molecule has 1 amide bonds. The van der Waals surface area contributed by atoms with Crippen LogP contribution in [0.1, 0.15) is 17.2 Å². The lowest BCUT2D eigenvalue weighted by Gasteiger charge is -2.36. The first-order chi connectivity index (χ1) is 13.8. The third-order valence-corrected chi connectivity index (χ3v) is 5.48. The molecule has 1 fully saturated rings. The maximum Gasteiger partial charge on any atom is 0.246 e. The van der Waals surface area contributed by atoms with Gasteiger partial charge >= 0.3 is 0 Å². The van der Waals surface area contributed by atoms with E-state index in [0.29, 0.717) is 0 Å². The van der Waals surface area contributed by atoms with Gasteiger partial charge in [-0.3, -0.25) is 9.69 Å². The van der Waals surface area contributed by atoms with E-state index in [-0.39, 0.29) is 11.9 Å². The number of benzene rings is 2. The van der Waals surface area contributed by atoms with E-state index in [1.54, 1.807) is 0 Å². The summed E-state index contributed by atoms with van der Waals surface area (Å²) in [4.78, 5) is 17.8. The lowest BCUT2D eigenvalue weighted by Crippen LogP contribution is -2.50. The summed E-state index contributed by atoms with van der Waals surface area (Å²) >= 11 is 0. The molecular weight excluding hydrogens is 346 g/mol. The van der Waals surface area contributed by atoms with Crippen molar-refractivity contribution in [3.63, 3.8) is 0 Å². The van der Waals surface area contributed by atoms with Crippen LogP contribution >= 0.6 is 0 Å². The molecule has 0 aliphatic carbocycles. The standard InChI is InChI=1S/C24H27N3O/c28-24(23(26-13-7-8-14-26)19-21-9-3-1-4-10-21)27-17-15-25(16-18-27)20-22-11-5-2-6-12-22/h1-14,23H,15-20H2. The van der Waals surface area contributed by atoms with E-state index >= 15 is 0 Å². The van der Waals surface area contributed by atoms with Gasteiger partial charge in [0.2, 0.25) is 5.91 Å². The number of rotatable bonds is 6. The fourth-order valence-electron chi connectivity index (χ4n) is 3.89. The molecule has 4 rings (SSSR count). The number of hydrogen-bond donors (Lipinski definition) is 0. The number of nitrogens with zero attached hydrogens (tertiary/aromatic N) is 3. The first-order valence-corrected chi connectivity index (χ1v) is 10.0. The summed E-state index contributed by atoms with van der Waals surface area (Å²) in [5, 5.41) is 0. The lowest BCUT2D eigenvalue weighted by molar-refractivity contribution is -0.136. The zero-order valence-electron chi connectivity index (χ0n) is 16.2. The van der Waals surface area contributed by atoms with Gasteiger partial charge in [-0.15, -0.1) is 0 Å². The van der Waals surface area contributed by atoms with Crippen LogP contribution in [0.25, 0.3) is 0 Å². The molecule has 144 valence electrons. The topological polar surface area (TPSA) is 28.5 Å². The highest BCUT2D eigenvalue weighted by molar-refractivity contribution is 5.81. The molecule has 1 atom stereocenters. The Balaban J connectivity index is 1.40. The van der Waals surface area contributed by atoms with Crippen molar-refractivity contribution < 1.29 is 4.79 Å². The van der Waals surface area contributed by atoms with Gasteiger partial charge < -0.3 is 9.47 Å². The van der Waals surface area contributed by atoms with Gasteiger partial charge in [-0.1, -0.05) is 60.7 Å². The van der Waals surface area contributed by atoms with Gasteiger partial charge in [0.1, 0.15) is 6.04 Å². The van der Waals surface area contributed by atoms with E-state index in [0.717, 1.165) is 39.1 Å². The highest BCUT2D eigenvalue weighted by atomic mass is 16.2. The molecule has 4 heteroatoms. The highest BCUT2D eigenvalue weighted by Gasteiger charge is 2.28. The van der Waals surface area contributed by atoms with E-state index in [9.17, 15) is 4.79 Å². The van der Waals surface area contributed by atoms with E-state index < -0.39 is 0 Å². The average Bonchev–Trinajstić information content (AvgIpc) is 3.28. The molecule has 28 heavy (non-hydrogen) atoms. The first-order valence-electron chi connectivity index (χ1n) is 10.0. The van der Waals surface area contributed by atoms with Crippen LogP contribution in [0.5, 0.6) is 0 Å². The normalized spacial score (nSPS) is 16.1. The SMILES string of the molecule is O=C(C(Cc1ccccc1)n1cccc1)N1CCN(Cc2ccccc2)CC1. The average molecular weight is 374 g/mol. The monoisotopic (exact) mass is 373 g/mol. The Kier molecular flexibility index (Phi) is 5.88. The minimum Gasteiger partial charge on any atom is -0.342 e. The van der Waals surface area contributed by atoms with Gasteiger partial charge in [-0.25, -0.2) is 0 Å². The number of carbonyl (C=O) groups is 1. The quantitative estimate of drug-likeness (QED) is 0.660. The van der Waals surface area contributed by atoms with Crippen LogP contribution < -0.4 is 0 Å². The molecule has 1 aliphatic heterocycles. The summed E-state index contributed by atoms with van der Waals surface area (Å²) in [6.07, 6.45) is 4.72. The van der Waals surface area contributed by atoms with Crippen LogP contribution in [0.3, 0.4) is 0 Å². The molecular formula is C24H27N3O. The van der Waals surface area contributed by atoms with Crippen LogP contribution in [0.2, 0.25) is 0 Å². The maximum atomic E-state index is 13.4. The predicted molar refractivity (Wildman–Crippen MR) is 112 cm³/mol. The molecule has 1 aliphatic rings. The Hall–Kier alpha value is -2.85. The molecule has 4 nitrogen and oxygen atoms in total. The fraction of sp³-hybridized carbons (Fsp3) is 0.292. The van der Waals surface area contributed by atoms with Crippen molar-refractivity contribution in [1.29, 1.82) is 0 Å². The van der Waals surface area contributed by atoms with Crippen molar-refractivity contribution in [3.8, 4) is 0 Å². The summed E-state index contributed by atoms with van der Waals surface area (Å²) in [5.74, 6) is 0.222. The Morgan fingerprint density at radius 2 is 1.32 bits per heavy atom. The third kappa shape index (κ3) is 4.52. The van der Waals surface area contributed by atoms with Gasteiger partial charge in [0.15, 0.2) is 0 Å². The molecule has 1 unspecified atom stereocenters. The van der Waals surface area contributed by atoms with Crippen molar-refractivity contribution >= 4 is 5.91 Å². The number of carbonyl (C=O) groups excluding carboxylic acids is 1. The van der Waals surface area contributed by atoms with Crippen LogP contribution in [0, 0.1) is 0 Å².